The van der Waals surface area contributed by atoms with Crippen LogP contribution < -0.4 is 5.32 Å². The average Bonchev–Trinajstić information content (AvgIpc) is 2.81. The van der Waals surface area contributed by atoms with Gasteiger partial charge in [0.25, 0.3) is 0 Å². The van der Waals surface area contributed by atoms with Gasteiger partial charge in [0, 0.05) is 11.6 Å². The van der Waals surface area contributed by atoms with Crippen molar-refractivity contribution in [1.29, 1.82) is 0 Å². The van der Waals surface area contributed by atoms with Gasteiger partial charge in [-0.2, -0.15) is 10.1 Å². The van der Waals surface area contributed by atoms with E-state index in [1.807, 2.05) is 24.3 Å². The molecule has 3 aromatic rings. The monoisotopic (exact) mass is 245 g/mol. The third-order valence-electron chi connectivity index (χ3n) is 2.34. The molecule has 0 saturated heterocycles. The predicted octanol–water partition coefficient (Wildman–Crippen LogP) is 2.75. The highest BCUT2D eigenvalue weighted by molar-refractivity contribution is 6.28. The van der Waals surface area contributed by atoms with Gasteiger partial charge in [0.15, 0.2) is 0 Å². The van der Waals surface area contributed by atoms with E-state index in [0.717, 1.165) is 16.6 Å². The number of hydrogen-bond donors (Lipinski definition) is 2. The van der Waals surface area contributed by atoms with E-state index in [-0.39, 0.29) is 5.28 Å². The fourth-order valence-corrected chi connectivity index (χ4v) is 1.78. The second-order valence-corrected chi connectivity index (χ2v) is 3.81. The first kappa shape index (κ1) is 10.0. The zero-order chi connectivity index (χ0) is 11.7. The summed E-state index contributed by atoms with van der Waals surface area (Å²) < 4.78 is 0. The van der Waals surface area contributed by atoms with Gasteiger partial charge < -0.3 is 5.32 Å². The maximum absolute atomic E-state index is 5.88. The second-order valence-electron chi connectivity index (χ2n) is 3.47. The van der Waals surface area contributed by atoms with Gasteiger partial charge in [0.05, 0.1) is 17.4 Å². The molecule has 84 valence electrons. The molecule has 5 nitrogen and oxygen atoms in total. The van der Waals surface area contributed by atoms with E-state index in [9.17, 15) is 0 Å². The Labute approximate surface area is 102 Å². The van der Waals surface area contributed by atoms with Crippen molar-refractivity contribution >= 4 is 34.0 Å². The number of benzene rings is 1. The summed E-state index contributed by atoms with van der Waals surface area (Å²) in [7, 11) is 0. The van der Waals surface area contributed by atoms with Crippen LogP contribution in [0.5, 0.6) is 0 Å². The van der Waals surface area contributed by atoms with Gasteiger partial charge in [-0.25, -0.2) is 4.98 Å². The molecule has 17 heavy (non-hydrogen) atoms. The summed E-state index contributed by atoms with van der Waals surface area (Å²) >= 11 is 5.88. The van der Waals surface area contributed by atoms with Gasteiger partial charge in [-0.05, 0) is 23.7 Å². The maximum Gasteiger partial charge on any atom is 0.224 e. The van der Waals surface area contributed by atoms with E-state index in [2.05, 4.69) is 25.5 Å². The first-order chi connectivity index (χ1) is 8.33. The van der Waals surface area contributed by atoms with Crippen LogP contribution in [0, 0.1) is 0 Å². The van der Waals surface area contributed by atoms with Crippen LogP contribution >= 0.6 is 11.6 Å². The van der Waals surface area contributed by atoms with Gasteiger partial charge in [-0.15, -0.1) is 0 Å². The van der Waals surface area contributed by atoms with Crippen molar-refractivity contribution in [1.82, 2.24) is 20.2 Å². The smallest absolute Gasteiger partial charge is 0.224 e. The van der Waals surface area contributed by atoms with Gasteiger partial charge >= 0.3 is 0 Å². The highest BCUT2D eigenvalue weighted by Gasteiger charge is 2.06. The Morgan fingerprint density at radius 2 is 2.06 bits per heavy atom. The molecule has 0 radical (unpaired) electrons. The van der Waals surface area contributed by atoms with Gasteiger partial charge in [-0.1, -0.05) is 12.1 Å². The lowest BCUT2D eigenvalue weighted by atomic mass is 10.2. The van der Waals surface area contributed by atoms with E-state index < -0.39 is 0 Å². The van der Waals surface area contributed by atoms with E-state index >= 15 is 0 Å². The molecular weight excluding hydrogens is 238 g/mol. The van der Waals surface area contributed by atoms with E-state index in [1.165, 1.54) is 0 Å². The van der Waals surface area contributed by atoms with Gasteiger partial charge in [0.2, 0.25) is 5.28 Å². The summed E-state index contributed by atoms with van der Waals surface area (Å²) in [6, 6.07) is 7.67. The Kier molecular flexibility index (Phi) is 2.38. The topological polar surface area (TPSA) is 66.5 Å². The Morgan fingerprint density at radius 1 is 1.18 bits per heavy atom. The Balaban J connectivity index is 2.14. The Morgan fingerprint density at radius 3 is 2.88 bits per heavy atom. The number of nitrogens with zero attached hydrogens (tertiary/aromatic N) is 3. The number of para-hydroxylation sites is 1. The highest BCUT2D eigenvalue weighted by atomic mass is 35.5. The van der Waals surface area contributed by atoms with Crippen LogP contribution in [0.4, 0.5) is 11.5 Å². The lowest BCUT2D eigenvalue weighted by Crippen LogP contribution is -1.96. The maximum atomic E-state index is 5.88. The van der Waals surface area contributed by atoms with E-state index in [0.29, 0.717) is 5.82 Å². The minimum absolute atomic E-state index is 0.217. The van der Waals surface area contributed by atoms with Crippen molar-refractivity contribution in [3.8, 4) is 0 Å². The number of hydrogen-bond acceptors (Lipinski definition) is 4. The van der Waals surface area contributed by atoms with Gasteiger partial charge in [-0.3, -0.25) is 5.10 Å². The number of fused-ring (bicyclic) bond motifs is 1. The summed E-state index contributed by atoms with van der Waals surface area (Å²) in [4.78, 5) is 8.33. The molecular formula is C11H8ClN5. The van der Waals surface area contributed by atoms with Crippen LogP contribution in [0.3, 0.4) is 0 Å². The summed E-state index contributed by atoms with van der Waals surface area (Å²) in [5.41, 5.74) is 1.63. The van der Waals surface area contributed by atoms with Crippen molar-refractivity contribution in [2.24, 2.45) is 0 Å². The summed E-state index contributed by atoms with van der Waals surface area (Å²) in [5.74, 6) is 0.669. The van der Waals surface area contributed by atoms with Crippen molar-refractivity contribution in [2.75, 3.05) is 5.32 Å². The number of H-pyrrole nitrogens is 1. The second kappa shape index (κ2) is 4.03. The normalized spacial score (nSPS) is 10.6. The molecule has 0 amide bonds. The third kappa shape index (κ3) is 1.92. The lowest BCUT2D eigenvalue weighted by Gasteiger charge is -2.06. The first-order valence-electron chi connectivity index (χ1n) is 5.01. The Hall–Kier alpha value is -2.14. The molecule has 0 atom stereocenters. The summed E-state index contributed by atoms with van der Waals surface area (Å²) in [6.45, 7) is 0. The lowest BCUT2D eigenvalue weighted by molar-refractivity contribution is 1.09. The van der Waals surface area contributed by atoms with Crippen LogP contribution in [0.2, 0.25) is 5.28 Å². The largest absolute Gasteiger partial charge is 0.337 e. The molecule has 0 aliphatic rings. The molecule has 0 saturated carbocycles. The van der Waals surface area contributed by atoms with E-state index in [4.69, 9.17) is 11.6 Å². The molecule has 1 aromatic carbocycles. The molecule has 2 heterocycles. The third-order valence-corrected chi connectivity index (χ3v) is 2.51. The van der Waals surface area contributed by atoms with Crippen molar-refractivity contribution in [2.45, 2.75) is 0 Å². The van der Waals surface area contributed by atoms with Gasteiger partial charge in [0.1, 0.15) is 5.82 Å². The quantitative estimate of drug-likeness (QED) is 0.682. The summed E-state index contributed by atoms with van der Waals surface area (Å²) in [5, 5.41) is 10.9. The van der Waals surface area contributed by atoms with Crippen LogP contribution in [-0.4, -0.2) is 20.2 Å². The number of anilines is 2. The van der Waals surface area contributed by atoms with Crippen molar-refractivity contribution in [3.63, 3.8) is 0 Å². The zero-order valence-corrected chi connectivity index (χ0v) is 9.44. The molecule has 0 spiro atoms. The number of aromatic amines is 1. The minimum Gasteiger partial charge on any atom is -0.337 e. The predicted molar refractivity (Wildman–Crippen MR) is 66.4 cm³/mol. The van der Waals surface area contributed by atoms with Crippen LogP contribution in [0.15, 0.2) is 36.7 Å². The number of nitrogens with one attached hydrogen (secondary N) is 2. The molecule has 2 aromatic heterocycles. The minimum atomic E-state index is 0.217. The van der Waals surface area contributed by atoms with Crippen LogP contribution in [-0.2, 0) is 0 Å². The highest BCUT2D eigenvalue weighted by Crippen LogP contribution is 2.24. The molecule has 2 N–H and O–H groups in total. The average molecular weight is 246 g/mol. The molecule has 0 bridgehead atoms. The van der Waals surface area contributed by atoms with Crippen LogP contribution in [0.1, 0.15) is 0 Å². The van der Waals surface area contributed by atoms with Crippen LogP contribution in [0.25, 0.3) is 10.9 Å². The fraction of sp³-hybridized carbons (Fsp3) is 0. The van der Waals surface area contributed by atoms with Crippen molar-refractivity contribution in [3.05, 3.63) is 41.9 Å². The molecule has 0 fully saturated rings. The number of aromatic nitrogens is 4. The molecule has 0 unspecified atom stereocenters. The van der Waals surface area contributed by atoms with E-state index in [1.54, 1.807) is 12.4 Å². The number of rotatable bonds is 2. The zero-order valence-electron chi connectivity index (χ0n) is 8.68. The summed E-state index contributed by atoms with van der Waals surface area (Å²) in [6.07, 6.45) is 3.41. The van der Waals surface area contributed by atoms with Crippen molar-refractivity contribution < 1.29 is 0 Å². The molecule has 3 rings (SSSR count). The molecule has 0 aliphatic heterocycles. The fourth-order valence-electron chi connectivity index (χ4n) is 1.60. The standard InChI is InChI=1S/C11H8ClN5/c12-11-16-9-4-2-1-3-8(9)10(17-11)15-7-5-13-14-6-7/h1-6H,(H,13,14)(H,15,16,17). The SMILES string of the molecule is Clc1nc(Nc2cn[nH]c2)c2ccccc2n1. The molecule has 0 aliphatic carbocycles. The number of halogens is 1. The first-order valence-corrected chi connectivity index (χ1v) is 5.39. The molecule has 6 heteroatoms. The Bertz CT molecular complexity index is 650.